The normalized spacial score (nSPS) is 15.4. The fourth-order valence-corrected chi connectivity index (χ4v) is 4.89. The molecule has 2 aromatic rings. The average Bonchev–Trinajstić information content (AvgIpc) is 2.78. The topological polar surface area (TPSA) is 122 Å². The quantitative estimate of drug-likeness (QED) is 0.420. The number of nitro groups is 1. The number of sulfonamides is 1. The maximum absolute atomic E-state index is 13.5. The summed E-state index contributed by atoms with van der Waals surface area (Å²) < 4.78 is 38.5. The van der Waals surface area contributed by atoms with Crippen LogP contribution in [0.3, 0.4) is 0 Å². The van der Waals surface area contributed by atoms with Crippen molar-refractivity contribution in [3.05, 3.63) is 58.6 Å². The first kappa shape index (κ1) is 25.8. The van der Waals surface area contributed by atoms with Crippen LogP contribution in [0, 0.1) is 10.1 Å². The molecular weight excluding hydrogens is 462 g/mol. The molecule has 176 valence electrons. The summed E-state index contributed by atoms with van der Waals surface area (Å²) in [4.78, 5) is 12.7. The standard InChI is InChI=1S/C20H25N3O7S.ClH/c1-29-20-8-7-16(23(25)26)13-19(20)22(31(27,28)18-5-3-2-4-6-18)15-17(24)14-21-9-11-30-12-10-21;/h2-8,13,17,24H,9-12,14-15H2,1H3;1H. The van der Waals surface area contributed by atoms with Gasteiger partial charge in [0.25, 0.3) is 15.7 Å². The highest BCUT2D eigenvalue weighted by molar-refractivity contribution is 7.92. The highest BCUT2D eigenvalue weighted by Crippen LogP contribution is 2.35. The molecule has 1 aliphatic heterocycles. The predicted octanol–water partition coefficient (Wildman–Crippen LogP) is 1.91. The first-order chi connectivity index (χ1) is 14.8. The van der Waals surface area contributed by atoms with E-state index in [0.29, 0.717) is 26.3 Å². The van der Waals surface area contributed by atoms with Gasteiger partial charge in [0.15, 0.2) is 0 Å². The van der Waals surface area contributed by atoms with E-state index in [1.165, 1.54) is 31.4 Å². The maximum Gasteiger partial charge on any atom is 0.271 e. The molecule has 1 aliphatic rings. The van der Waals surface area contributed by atoms with Gasteiger partial charge < -0.3 is 14.6 Å². The zero-order chi connectivity index (χ0) is 22.4. The number of nitrogens with zero attached hydrogens (tertiary/aromatic N) is 3. The number of halogens is 1. The van der Waals surface area contributed by atoms with Crippen molar-refractivity contribution in [1.29, 1.82) is 0 Å². The molecule has 1 atom stereocenters. The Hall–Kier alpha value is -2.44. The third kappa shape index (κ3) is 6.08. The molecule has 0 radical (unpaired) electrons. The fourth-order valence-electron chi connectivity index (χ4n) is 3.36. The number of benzene rings is 2. The molecule has 1 unspecified atom stereocenters. The second kappa shape index (κ2) is 11.4. The van der Waals surface area contributed by atoms with Crippen LogP contribution in [0.5, 0.6) is 5.75 Å². The lowest BCUT2D eigenvalue weighted by Crippen LogP contribution is -2.46. The van der Waals surface area contributed by atoms with Gasteiger partial charge in [0.2, 0.25) is 0 Å². The van der Waals surface area contributed by atoms with E-state index in [0.717, 1.165) is 10.4 Å². The SMILES string of the molecule is COc1ccc([N+](=O)[O-])cc1N(CC(O)CN1CCOCC1)S(=O)(=O)c1ccccc1.Cl. The first-order valence-corrected chi connectivity index (χ1v) is 11.2. The lowest BCUT2D eigenvalue weighted by atomic mass is 10.2. The summed E-state index contributed by atoms with van der Waals surface area (Å²) in [7, 11) is -2.79. The molecule has 0 saturated carbocycles. The number of rotatable bonds is 9. The number of methoxy groups -OCH3 is 1. The monoisotopic (exact) mass is 487 g/mol. The van der Waals surface area contributed by atoms with Gasteiger partial charge in [-0.25, -0.2) is 8.42 Å². The number of aliphatic hydroxyl groups excluding tert-OH is 1. The molecule has 1 fully saturated rings. The molecule has 1 heterocycles. The molecule has 0 bridgehead atoms. The maximum atomic E-state index is 13.5. The van der Waals surface area contributed by atoms with Crippen molar-refractivity contribution in [2.75, 3.05) is 50.8 Å². The van der Waals surface area contributed by atoms with Gasteiger partial charge in [-0.3, -0.25) is 19.3 Å². The summed E-state index contributed by atoms with van der Waals surface area (Å²) in [6.07, 6.45) is -1.04. The molecule has 0 aliphatic carbocycles. The van der Waals surface area contributed by atoms with E-state index < -0.39 is 21.1 Å². The van der Waals surface area contributed by atoms with Crippen molar-refractivity contribution in [1.82, 2.24) is 4.90 Å². The van der Waals surface area contributed by atoms with Crippen LogP contribution in [-0.2, 0) is 14.8 Å². The summed E-state index contributed by atoms with van der Waals surface area (Å²) in [5.41, 5.74) is -0.298. The van der Waals surface area contributed by atoms with Crippen molar-refractivity contribution in [3.8, 4) is 5.75 Å². The number of anilines is 1. The Labute approximate surface area is 193 Å². The van der Waals surface area contributed by atoms with Crippen LogP contribution < -0.4 is 9.04 Å². The minimum Gasteiger partial charge on any atom is -0.495 e. The smallest absolute Gasteiger partial charge is 0.271 e. The number of hydrogen-bond donors (Lipinski definition) is 1. The molecule has 3 rings (SSSR count). The molecule has 32 heavy (non-hydrogen) atoms. The van der Waals surface area contributed by atoms with Crippen LogP contribution >= 0.6 is 12.4 Å². The summed E-state index contributed by atoms with van der Waals surface area (Å²) in [5, 5.41) is 22.0. The molecule has 10 nitrogen and oxygen atoms in total. The van der Waals surface area contributed by atoms with Gasteiger partial charge in [0.1, 0.15) is 11.4 Å². The molecular formula is C20H26ClN3O7S. The molecule has 2 aromatic carbocycles. The average molecular weight is 488 g/mol. The second-order valence-corrected chi connectivity index (χ2v) is 8.89. The van der Waals surface area contributed by atoms with Gasteiger partial charge in [-0.05, 0) is 18.2 Å². The van der Waals surface area contributed by atoms with Crippen LogP contribution in [0.2, 0.25) is 0 Å². The summed E-state index contributed by atoms with van der Waals surface area (Å²) >= 11 is 0. The number of ether oxygens (including phenoxy) is 2. The predicted molar refractivity (Wildman–Crippen MR) is 121 cm³/mol. The highest BCUT2D eigenvalue weighted by Gasteiger charge is 2.31. The number of non-ortho nitro benzene ring substituents is 1. The Morgan fingerprint density at radius 1 is 1.22 bits per heavy atom. The van der Waals surface area contributed by atoms with Crippen LogP contribution in [-0.4, -0.2) is 76.0 Å². The van der Waals surface area contributed by atoms with E-state index >= 15 is 0 Å². The summed E-state index contributed by atoms with van der Waals surface area (Å²) in [6, 6.07) is 11.4. The molecule has 0 amide bonds. The van der Waals surface area contributed by atoms with Crippen molar-refractivity contribution in [2.24, 2.45) is 0 Å². The molecule has 0 spiro atoms. The number of β-amino-alcohol motifs (C(OH)–C–C–N with tert-alkyl or cyclic N) is 1. The second-order valence-electron chi connectivity index (χ2n) is 7.03. The van der Waals surface area contributed by atoms with Gasteiger partial charge in [0, 0.05) is 31.8 Å². The van der Waals surface area contributed by atoms with E-state index in [2.05, 4.69) is 0 Å². The third-order valence-corrected chi connectivity index (χ3v) is 6.72. The van der Waals surface area contributed by atoms with Gasteiger partial charge in [-0.2, -0.15) is 0 Å². The Bertz CT molecular complexity index is 1000. The molecule has 12 heteroatoms. The lowest BCUT2D eigenvalue weighted by molar-refractivity contribution is -0.384. The van der Waals surface area contributed by atoms with E-state index in [1.54, 1.807) is 18.2 Å². The minimum absolute atomic E-state index is 0. The highest BCUT2D eigenvalue weighted by atomic mass is 35.5. The van der Waals surface area contributed by atoms with Crippen molar-refractivity contribution < 1.29 is 27.9 Å². The van der Waals surface area contributed by atoms with Crippen molar-refractivity contribution in [3.63, 3.8) is 0 Å². The van der Waals surface area contributed by atoms with E-state index in [1.807, 2.05) is 4.90 Å². The van der Waals surface area contributed by atoms with Gasteiger partial charge in [-0.15, -0.1) is 12.4 Å². The lowest BCUT2D eigenvalue weighted by Gasteiger charge is -2.32. The zero-order valence-electron chi connectivity index (χ0n) is 17.5. The van der Waals surface area contributed by atoms with E-state index in [9.17, 15) is 23.6 Å². The van der Waals surface area contributed by atoms with Crippen molar-refractivity contribution in [2.45, 2.75) is 11.0 Å². The van der Waals surface area contributed by atoms with Gasteiger partial charge >= 0.3 is 0 Å². The molecule has 1 N–H and O–H groups in total. The number of morpholine rings is 1. The van der Waals surface area contributed by atoms with Crippen LogP contribution in [0.25, 0.3) is 0 Å². The van der Waals surface area contributed by atoms with Gasteiger partial charge in [0.05, 0.1) is 42.8 Å². The van der Waals surface area contributed by atoms with E-state index in [4.69, 9.17) is 9.47 Å². The largest absolute Gasteiger partial charge is 0.495 e. The number of nitro benzene ring substituents is 1. The summed E-state index contributed by atoms with van der Waals surface area (Å²) in [5.74, 6) is 0.142. The Morgan fingerprint density at radius 2 is 1.88 bits per heavy atom. The minimum atomic E-state index is -4.14. The van der Waals surface area contributed by atoms with Gasteiger partial charge in [-0.1, -0.05) is 18.2 Å². The van der Waals surface area contributed by atoms with Crippen LogP contribution in [0.4, 0.5) is 11.4 Å². The Balaban J connectivity index is 0.00000363. The third-order valence-electron chi connectivity index (χ3n) is 4.92. The van der Waals surface area contributed by atoms with Crippen molar-refractivity contribution >= 4 is 33.8 Å². The summed E-state index contributed by atoms with van der Waals surface area (Å²) in [6.45, 7) is 2.27. The van der Waals surface area contributed by atoms with Crippen LogP contribution in [0.15, 0.2) is 53.4 Å². The zero-order valence-corrected chi connectivity index (χ0v) is 19.1. The van der Waals surface area contributed by atoms with Crippen LogP contribution in [0.1, 0.15) is 0 Å². The number of aliphatic hydroxyl groups is 1. The first-order valence-electron chi connectivity index (χ1n) is 9.71. The molecule has 1 saturated heterocycles. The Kier molecular flexibility index (Phi) is 9.22. The molecule has 0 aromatic heterocycles. The van der Waals surface area contributed by atoms with E-state index in [-0.39, 0.29) is 47.5 Å². The Morgan fingerprint density at radius 3 is 2.47 bits per heavy atom. The number of hydrogen-bond acceptors (Lipinski definition) is 8. The fraction of sp³-hybridized carbons (Fsp3) is 0.400.